The van der Waals surface area contributed by atoms with E-state index < -0.39 is 0 Å². The van der Waals surface area contributed by atoms with Crippen LogP contribution in [-0.2, 0) is 11.2 Å². The maximum Gasteiger partial charge on any atom is 0.245 e. The van der Waals surface area contributed by atoms with Crippen LogP contribution in [0.2, 0.25) is 0 Å². The summed E-state index contributed by atoms with van der Waals surface area (Å²) in [6.45, 7) is 6.80. The molecule has 2 N–H and O–H groups in total. The average molecular weight is 263 g/mol. The van der Waals surface area contributed by atoms with Crippen molar-refractivity contribution in [1.29, 1.82) is 0 Å². The van der Waals surface area contributed by atoms with Gasteiger partial charge in [-0.2, -0.15) is 0 Å². The molecule has 0 saturated heterocycles. The minimum absolute atomic E-state index is 0.134. The first-order chi connectivity index (χ1) is 8.97. The first kappa shape index (κ1) is 14.1. The molecule has 1 aromatic rings. The third kappa shape index (κ3) is 2.41. The monoisotopic (exact) mass is 263 g/mol. The first-order valence-electron chi connectivity index (χ1n) is 7.18. The molecule has 0 bridgehead atoms. The number of nitrogens with two attached hydrogens (primary N) is 1. The molecule has 1 aliphatic carbocycles. The van der Waals surface area contributed by atoms with Gasteiger partial charge in [-0.1, -0.05) is 0 Å². The summed E-state index contributed by atoms with van der Waals surface area (Å²) >= 11 is 0. The number of aromatic nitrogens is 1. The topological polar surface area (TPSA) is 51.3 Å². The van der Waals surface area contributed by atoms with Gasteiger partial charge in [0.1, 0.15) is 6.04 Å². The Morgan fingerprint density at radius 2 is 2.32 bits per heavy atom. The molecule has 2 atom stereocenters. The lowest BCUT2D eigenvalue weighted by molar-refractivity contribution is -0.132. The van der Waals surface area contributed by atoms with E-state index in [-0.39, 0.29) is 18.0 Å². The number of hydrogen-bond acceptors (Lipinski definition) is 2. The smallest absolute Gasteiger partial charge is 0.245 e. The zero-order valence-electron chi connectivity index (χ0n) is 12.4. The summed E-state index contributed by atoms with van der Waals surface area (Å²) in [5.41, 5.74) is 9.83. The Labute approximate surface area is 115 Å². The van der Waals surface area contributed by atoms with Gasteiger partial charge in [0.2, 0.25) is 5.91 Å². The summed E-state index contributed by atoms with van der Waals surface area (Å²) in [6, 6.07) is 2.16. The summed E-state index contributed by atoms with van der Waals surface area (Å²) in [5.74, 6) is 0.170. The Morgan fingerprint density at radius 1 is 1.63 bits per heavy atom. The van der Waals surface area contributed by atoms with Gasteiger partial charge < -0.3 is 15.2 Å². The number of carbonyl (C=O) groups excluding carboxylic acids is 1. The summed E-state index contributed by atoms with van der Waals surface area (Å²) < 4.78 is 2.18. The minimum Gasteiger partial charge on any atom is -0.344 e. The lowest BCUT2D eigenvalue weighted by Crippen LogP contribution is -2.34. The van der Waals surface area contributed by atoms with Crippen molar-refractivity contribution in [3.63, 3.8) is 0 Å². The number of fused-ring (bicyclic) bond motifs is 1. The van der Waals surface area contributed by atoms with Crippen LogP contribution in [0.3, 0.4) is 0 Å². The van der Waals surface area contributed by atoms with E-state index in [1.807, 2.05) is 20.9 Å². The fourth-order valence-corrected chi connectivity index (χ4v) is 3.09. The zero-order chi connectivity index (χ0) is 14.2. The van der Waals surface area contributed by atoms with Crippen LogP contribution in [0, 0.1) is 6.92 Å². The molecule has 0 radical (unpaired) electrons. The molecule has 2 unspecified atom stereocenters. The Hall–Kier alpha value is -1.29. The molecule has 0 fully saturated rings. The minimum atomic E-state index is -0.140. The Bertz CT molecular complexity index is 478. The van der Waals surface area contributed by atoms with E-state index >= 15 is 0 Å². The molecule has 1 aliphatic rings. The van der Waals surface area contributed by atoms with Crippen molar-refractivity contribution in [2.24, 2.45) is 5.73 Å². The predicted octanol–water partition coefficient (Wildman–Crippen LogP) is 2.17. The largest absolute Gasteiger partial charge is 0.344 e. The van der Waals surface area contributed by atoms with Gasteiger partial charge in [0, 0.05) is 31.0 Å². The quantitative estimate of drug-likeness (QED) is 0.908. The van der Waals surface area contributed by atoms with Crippen molar-refractivity contribution in [2.45, 2.75) is 52.1 Å². The zero-order valence-corrected chi connectivity index (χ0v) is 12.4. The van der Waals surface area contributed by atoms with Crippen molar-refractivity contribution >= 4 is 5.91 Å². The van der Waals surface area contributed by atoms with Gasteiger partial charge >= 0.3 is 0 Å². The Balaban J connectivity index is 2.37. The van der Waals surface area contributed by atoms with Crippen LogP contribution in [0.25, 0.3) is 0 Å². The van der Waals surface area contributed by atoms with Crippen molar-refractivity contribution in [1.82, 2.24) is 9.47 Å². The van der Waals surface area contributed by atoms with E-state index in [1.165, 1.54) is 11.3 Å². The second-order valence-corrected chi connectivity index (χ2v) is 5.58. The molecule has 106 valence electrons. The highest BCUT2D eigenvalue weighted by atomic mass is 16.2. The second-order valence-electron chi connectivity index (χ2n) is 5.58. The molecule has 4 nitrogen and oxygen atoms in total. The highest BCUT2D eigenvalue weighted by molar-refractivity contribution is 5.80. The molecule has 1 amide bonds. The van der Waals surface area contributed by atoms with Crippen molar-refractivity contribution in [2.75, 3.05) is 13.6 Å². The lowest BCUT2D eigenvalue weighted by Gasteiger charge is -2.26. The number of likely N-dealkylation sites (N-methyl/N-ethyl adjacent to an activating group) is 1. The van der Waals surface area contributed by atoms with Crippen molar-refractivity contribution in [3.8, 4) is 0 Å². The number of carbonyl (C=O) groups is 1. The van der Waals surface area contributed by atoms with Gasteiger partial charge in [0.05, 0.1) is 0 Å². The van der Waals surface area contributed by atoms with Crippen molar-refractivity contribution < 1.29 is 4.79 Å². The van der Waals surface area contributed by atoms with Crippen LogP contribution in [0.4, 0.5) is 0 Å². The normalized spacial score (nSPS) is 19.9. The number of hydrogen-bond donors (Lipinski definition) is 1. The Kier molecular flexibility index (Phi) is 3.99. The van der Waals surface area contributed by atoms with E-state index in [0.29, 0.717) is 0 Å². The molecule has 4 heteroatoms. The average Bonchev–Trinajstić information content (AvgIpc) is 2.74. The maximum absolute atomic E-state index is 12.4. The molecule has 19 heavy (non-hydrogen) atoms. The molecule has 0 aromatic carbocycles. The van der Waals surface area contributed by atoms with Crippen LogP contribution in [-0.4, -0.2) is 29.0 Å². The standard InChI is InChI=1S/C15H25N3O/c1-5-17(4)15(19)11(3)18-10(2)9-12-13(16)7-6-8-14(12)18/h9,11,13H,5-8,16H2,1-4H3. The van der Waals surface area contributed by atoms with Crippen LogP contribution in [0.15, 0.2) is 6.07 Å². The number of nitrogens with zero attached hydrogens (tertiary/aromatic N) is 2. The predicted molar refractivity (Wildman–Crippen MR) is 77.1 cm³/mol. The van der Waals surface area contributed by atoms with Crippen LogP contribution in [0.1, 0.15) is 55.7 Å². The van der Waals surface area contributed by atoms with Gasteiger partial charge in [-0.05, 0) is 51.7 Å². The third-order valence-electron chi connectivity index (χ3n) is 4.29. The summed E-state index contributed by atoms with van der Waals surface area (Å²) in [6.07, 6.45) is 3.19. The van der Waals surface area contributed by atoms with Crippen LogP contribution < -0.4 is 5.73 Å². The SMILES string of the molecule is CCN(C)C(=O)C(C)n1c(C)cc2c1CCCC2N. The maximum atomic E-state index is 12.4. The fraction of sp³-hybridized carbons (Fsp3) is 0.667. The van der Waals surface area contributed by atoms with Gasteiger partial charge in [-0.15, -0.1) is 0 Å². The van der Waals surface area contributed by atoms with E-state index in [4.69, 9.17) is 5.73 Å². The van der Waals surface area contributed by atoms with Gasteiger partial charge in [0.15, 0.2) is 0 Å². The van der Waals surface area contributed by atoms with Crippen LogP contribution >= 0.6 is 0 Å². The highest BCUT2D eigenvalue weighted by Gasteiger charge is 2.27. The first-order valence-corrected chi connectivity index (χ1v) is 7.18. The summed E-state index contributed by atoms with van der Waals surface area (Å²) in [7, 11) is 1.86. The Morgan fingerprint density at radius 3 is 2.95 bits per heavy atom. The van der Waals surface area contributed by atoms with Gasteiger partial charge in [-0.25, -0.2) is 0 Å². The molecule has 1 heterocycles. The molecular weight excluding hydrogens is 238 g/mol. The number of rotatable bonds is 3. The number of amides is 1. The van der Waals surface area contributed by atoms with E-state index in [0.717, 1.165) is 31.5 Å². The molecule has 1 aromatic heterocycles. The lowest BCUT2D eigenvalue weighted by atomic mass is 9.93. The van der Waals surface area contributed by atoms with Crippen LogP contribution in [0.5, 0.6) is 0 Å². The summed E-state index contributed by atoms with van der Waals surface area (Å²) in [4.78, 5) is 14.1. The molecule has 2 rings (SSSR count). The fourth-order valence-electron chi connectivity index (χ4n) is 3.09. The van der Waals surface area contributed by atoms with E-state index in [1.54, 1.807) is 4.90 Å². The van der Waals surface area contributed by atoms with Gasteiger partial charge in [0.25, 0.3) is 0 Å². The highest BCUT2D eigenvalue weighted by Crippen LogP contribution is 2.33. The molecule has 0 spiro atoms. The third-order valence-corrected chi connectivity index (χ3v) is 4.29. The van der Waals surface area contributed by atoms with E-state index in [2.05, 4.69) is 17.6 Å². The van der Waals surface area contributed by atoms with Crippen molar-refractivity contribution in [3.05, 3.63) is 23.0 Å². The van der Waals surface area contributed by atoms with Gasteiger partial charge in [-0.3, -0.25) is 4.79 Å². The summed E-state index contributed by atoms with van der Waals surface area (Å²) in [5, 5.41) is 0. The van der Waals surface area contributed by atoms with E-state index in [9.17, 15) is 4.79 Å². The second kappa shape index (κ2) is 5.37. The molecule has 0 saturated carbocycles. The number of aryl methyl sites for hydroxylation is 1. The molecular formula is C15H25N3O. The molecule has 0 aliphatic heterocycles.